The number of pyridine rings is 1. The standard InChI is InChI=1S/C26H33N7O.C2H6/c1-26(2)16-33(13-12-31(3)4)22-14-18(7-8-20(22)26)30-24-19-9-11-32(15-21(19)28-17-29-24)25-23(34)6-5-10-27-25;1-2/h5-8,10,14,17,34H,9,11-13,15-16H2,1-4H3,(H,28,29,30);1-2H3. The van der Waals surface area contributed by atoms with E-state index < -0.39 is 0 Å². The number of aromatic nitrogens is 3. The number of benzene rings is 1. The van der Waals surface area contributed by atoms with E-state index in [1.165, 1.54) is 11.3 Å². The molecule has 2 N–H and O–H groups in total. The van der Waals surface area contributed by atoms with Gasteiger partial charge in [-0.1, -0.05) is 33.8 Å². The molecular formula is C28H39N7O. The van der Waals surface area contributed by atoms with Crippen molar-refractivity contribution < 1.29 is 5.11 Å². The SMILES string of the molecule is CC.CN(C)CCN1CC(C)(C)c2ccc(Nc3ncnc4c3CCN(c3ncccc3O)C4)cc21. The smallest absolute Gasteiger partial charge is 0.171 e. The van der Waals surface area contributed by atoms with Crippen molar-refractivity contribution in [2.24, 2.45) is 0 Å². The lowest BCUT2D eigenvalue weighted by molar-refractivity contribution is 0.409. The second-order valence-electron chi connectivity index (χ2n) is 10.1. The molecule has 0 spiro atoms. The third-order valence-electron chi connectivity index (χ3n) is 6.81. The molecule has 3 aromatic rings. The second kappa shape index (κ2) is 10.7. The Kier molecular flexibility index (Phi) is 7.64. The molecule has 2 aromatic heterocycles. The minimum Gasteiger partial charge on any atom is -0.504 e. The normalized spacial score (nSPS) is 15.8. The topological polar surface area (TPSA) is 80.7 Å². The Hall–Kier alpha value is -3.39. The Morgan fingerprint density at radius 1 is 1.11 bits per heavy atom. The van der Waals surface area contributed by atoms with Gasteiger partial charge in [-0.25, -0.2) is 15.0 Å². The summed E-state index contributed by atoms with van der Waals surface area (Å²) in [6.07, 6.45) is 4.10. The van der Waals surface area contributed by atoms with Crippen LogP contribution in [-0.4, -0.2) is 65.2 Å². The predicted octanol–water partition coefficient (Wildman–Crippen LogP) is 4.57. The predicted molar refractivity (Wildman–Crippen MR) is 148 cm³/mol. The van der Waals surface area contributed by atoms with Gasteiger partial charge in [-0.05, 0) is 50.3 Å². The zero-order valence-electron chi connectivity index (χ0n) is 22.4. The van der Waals surface area contributed by atoms with Gasteiger partial charge in [0.25, 0.3) is 0 Å². The average Bonchev–Trinajstić information content (AvgIpc) is 3.13. The Labute approximate surface area is 215 Å². The van der Waals surface area contributed by atoms with Gasteiger partial charge in [-0.2, -0.15) is 0 Å². The van der Waals surface area contributed by atoms with E-state index in [1.807, 2.05) is 13.8 Å². The average molecular weight is 490 g/mol. The molecule has 8 nitrogen and oxygen atoms in total. The van der Waals surface area contributed by atoms with E-state index in [-0.39, 0.29) is 11.2 Å². The first-order valence-electron chi connectivity index (χ1n) is 12.8. The lowest BCUT2D eigenvalue weighted by atomic mass is 9.87. The van der Waals surface area contributed by atoms with Gasteiger partial charge in [0.1, 0.15) is 12.1 Å². The third kappa shape index (κ3) is 5.23. The first-order chi connectivity index (χ1) is 17.3. The number of rotatable bonds is 6. The van der Waals surface area contributed by atoms with Crippen LogP contribution < -0.4 is 15.1 Å². The molecule has 0 fully saturated rings. The lowest BCUT2D eigenvalue weighted by Crippen LogP contribution is -2.34. The zero-order valence-corrected chi connectivity index (χ0v) is 22.4. The Morgan fingerprint density at radius 3 is 2.67 bits per heavy atom. The number of nitrogens with one attached hydrogen (secondary N) is 1. The van der Waals surface area contributed by atoms with Crippen molar-refractivity contribution in [3.63, 3.8) is 0 Å². The summed E-state index contributed by atoms with van der Waals surface area (Å²) < 4.78 is 0. The van der Waals surface area contributed by atoms with Crippen LogP contribution in [0.5, 0.6) is 5.75 Å². The number of hydrogen-bond acceptors (Lipinski definition) is 8. The largest absolute Gasteiger partial charge is 0.504 e. The van der Waals surface area contributed by atoms with E-state index in [9.17, 15) is 5.11 Å². The van der Waals surface area contributed by atoms with Crippen molar-refractivity contribution in [3.8, 4) is 5.75 Å². The van der Waals surface area contributed by atoms with E-state index in [0.717, 1.165) is 55.4 Å². The molecule has 0 unspecified atom stereocenters. The van der Waals surface area contributed by atoms with Crippen molar-refractivity contribution in [1.82, 2.24) is 19.9 Å². The number of fused-ring (bicyclic) bond motifs is 2. The molecule has 4 heterocycles. The van der Waals surface area contributed by atoms with Gasteiger partial charge in [0.05, 0.1) is 12.2 Å². The molecule has 0 atom stereocenters. The van der Waals surface area contributed by atoms with Crippen LogP contribution in [0.2, 0.25) is 0 Å². The summed E-state index contributed by atoms with van der Waals surface area (Å²) in [5.74, 6) is 1.64. The molecule has 2 aliphatic heterocycles. The van der Waals surface area contributed by atoms with Gasteiger partial charge in [-0.15, -0.1) is 0 Å². The molecule has 1 aromatic carbocycles. The van der Waals surface area contributed by atoms with Gasteiger partial charge in [0.15, 0.2) is 11.6 Å². The highest BCUT2D eigenvalue weighted by atomic mass is 16.3. The fourth-order valence-corrected chi connectivity index (χ4v) is 5.02. The fraction of sp³-hybridized carbons (Fsp3) is 0.464. The van der Waals surface area contributed by atoms with E-state index >= 15 is 0 Å². The van der Waals surface area contributed by atoms with E-state index in [2.05, 4.69) is 81.1 Å². The van der Waals surface area contributed by atoms with Crippen molar-refractivity contribution in [2.45, 2.75) is 46.1 Å². The van der Waals surface area contributed by atoms with Crippen LogP contribution in [0.25, 0.3) is 0 Å². The summed E-state index contributed by atoms with van der Waals surface area (Å²) in [6.45, 7) is 13.0. The first kappa shape index (κ1) is 25.7. The summed E-state index contributed by atoms with van der Waals surface area (Å²) in [4.78, 5) is 20.3. The molecule has 0 amide bonds. The van der Waals surface area contributed by atoms with Crippen molar-refractivity contribution in [2.75, 3.05) is 55.4 Å². The molecule has 5 rings (SSSR count). The second-order valence-corrected chi connectivity index (χ2v) is 10.1. The van der Waals surface area contributed by atoms with Crippen LogP contribution in [0.1, 0.15) is 44.5 Å². The first-order valence-corrected chi connectivity index (χ1v) is 12.8. The Balaban J connectivity index is 0.00000148. The van der Waals surface area contributed by atoms with Gasteiger partial charge >= 0.3 is 0 Å². The molecular weight excluding hydrogens is 450 g/mol. The maximum absolute atomic E-state index is 10.2. The maximum atomic E-state index is 10.2. The summed E-state index contributed by atoms with van der Waals surface area (Å²) in [5, 5.41) is 13.8. The Bertz CT molecular complexity index is 1190. The summed E-state index contributed by atoms with van der Waals surface area (Å²) in [7, 11) is 4.24. The van der Waals surface area contributed by atoms with E-state index in [4.69, 9.17) is 0 Å². The van der Waals surface area contributed by atoms with E-state index in [0.29, 0.717) is 12.4 Å². The minimum absolute atomic E-state index is 0.134. The molecule has 0 bridgehead atoms. The highest BCUT2D eigenvalue weighted by molar-refractivity contribution is 5.72. The quantitative estimate of drug-likeness (QED) is 0.521. The van der Waals surface area contributed by atoms with Gasteiger partial charge in [0, 0.05) is 54.7 Å². The summed E-state index contributed by atoms with van der Waals surface area (Å²) in [6, 6.07) is 10.1. The number of nitrogens with zero attached hydrogens (tertiary/aromatic N) is 6. The molecule has 0 saturated carbocycles. The van der Waals surface area contributed by atoms with Gasteiger partial charge in [0.2, 0.25) is 0 Å². The minimum atomic E-state index is 0.134. The van der Waals surface area contributed by atoms with Crippen LogP contribution in [-0.2, 0) is 18.4 Å². The van der Waals surface area contributed by atoms with Gasteiger partial charge < -0.3 is 25.1 Å². The van der Waals surface area contributed by atoms with Crippen LogP contribution in [0.3, 0.4) is 0 Å². The number of likely N-dealkylation sites (N-methyl/N-ethyl adjacent to an activating group) is 1. The van der Waals surface area contributed by atoms with E-state index in [1.54, 1.807) is 24.7 Å². The monoisotopic (exact) mass is 489 g/mol. The highest BCUT2D eigenvalue weighted by Gasteiger charge is 2.35. The van der Waals surface area contributed by atoms with Crippen molar-refractivity contribution >= 4 is 23.0 Å². The molecule has 0 radical (unpaired) electrons. The summed E-state index contributed by atoms with van der Waals surface area (Å²) >= 11 is 0. The van der Waals surface area contributed by atoms with Gasteiger partial charge in [-0.3, -0.25) is 0 Å². The van der Waals surface area contributed by atoms with Crippen molar-refractivity contribution in [3.05, 3.63) is 59.7 Å². The number of hydrogen-bond donors (Lipinski definition) is 2. The lowest BCUT2D eigenvalue weighted by Gasteiger charge is -2.30. The molecule has 192 valence electrons. The third-order valence-corrected chi connectivity index (χ3v) is 6.81. The molecule has 0 aliphatic carbocycles. The number of anilines is 4. The molecule has 0 saturated heterocycles. The van der Waals surface area contributed by atoms with Crippen LogP contribution >= 0.6 is 0 Å². The van der Waals surface area contributed by atoms with Crippen LogP contribution in [0.15, 0.2) is 42.9 Å². The molecule has 8 heteroatoms. The maximum Gasteiger partial charge on any atom is 0.171 e. The highest BCUT2D eigenvalue weighted by Crippen LogP contribution is 2.42. The Morgan fingerprint density at radius 2 is 1.92 bits per heavy atom. The molecule has 36 heavy (non-hydrogen) atoms. The number of aromatic hydroxyl groups is 1. The molecule has 2 aliphatic rings. The van der Waals surface area contributed by atoms with Crippen molar-refractivity contribution in [1.29, 1.82) is 0 Å². The van der Waals surface area contributed by atoms with Crippen LogP contribution in [0.4, 0.5) is 23.0 Å². The zero-order chi connectivity index (χ0) is 25.9. The van der Waals surface area contributed by atoms with Crippen LogP contribution in [0, 0.1) is 0 Å². The summed E-state index contributed by atoms with van der Waals surface area (Å²) in [5.41, 5.74) is 5.96. The fourth-order valence-electron chi connectivity index (χ4n) is 5.02.